The average molecular weight is 479 g/mol. The molecule has 0 radical (unpaired) electrons. The molecule has 4 aromatic rings. The van der Waals surface area contributed by atoms with E-state index in [1.165, 1.54) is 18.2 Å². The Morgan fingerprint density at radius 3 is 2.34 bits per heavy atom. The molecular weight excluding hydrogens is 468 g/mol. The largest absolute Gasteiger partial charge is 0.478 e. The lowest BCUT2D eigenvalue weighted by Gasteiger charge is -2.11. The Balaban J connectivity index is 1.85. The highest BCUT2D eigenvalue weighted by Crippen LogP contribution is 2.37. The molecule has 0 saturated heterocycles. The summed E-state index contributed by atoms with van der Waals surface area (Å²) in [5.74, 6) is -2.50. The third kappa shape index (κ3) is 4.35. The molecule has 0 aliphatic heterocycles. The fourth-order valence-corrected chi connectivity index (χ4v) is 4.14. The minimum absolute atomic E-state index is 0.0303. The average Bonchev–Trinajstić information content (AvgIpc) is 3.19. The summed E-state index contributed by atoms with van der Waals surface area (Å²) in [6, 6.07) is 12.2. The van der Waals surface area contributed by atoms with Crippen molar-refractivity contribution in [2.45, 2.75) is 6.18 Å². The number of carboxylic acids is 1. The Hall–Kier alpha value is -3.30. The maximum Gasteiger partial charge on any atom is 0.433 e. The molecule has 4 rings (SSSR count). The number of thiophene rings is 1. The van der Waals surface area contributed by atoms with E-state index in [1.807, 2.05) is 0 Å². The fourth-order valence-electron chi connectivity index (χ4n) is 3.02. The van der Waals surface area contributed by atoms with E-state index in [0.29, 0.717) is 16.0 Å². The SMILES string of the molecule is O=C(O)c1cc(-c2cccc(-c3nc(-c4sccc4Cl)cc(C(F)(F)F)n3)c2)ccc1F. The molecule has 10 heteroatoms. The predicted molar refractivity (Wildman–Crippen MR) is 113 cm³/mol. The van der Waals surface area contributed by atoms with Gasteiger partial charge in [-0.3, -0.25) is 0 Å². The summed E-state index contributed by atoms with van der Waals surface area (Å²) < 4.78 is 54.2. The Morgan fingerprint density at radius 1 is 0.969 bits per heavy atom. The van der Waals surface area contributed by atoms with Gasteiger partial charge in [0.1, 0.15) is 11.5 Å². The number of carbonyl (C=O) groups is 1. The van der Waals surface area contributed by atoms with Crippen LogP contribution in [0.25, 0.3) is 33.1 Å². The second-order valence-corrected chi connectivity index (χ2v) is 7.96. The first-order chi connectivity index (χ1) is 15.1. The molecule has 0 bridgehead atoms. The molecule has 0 aliphatic carbocycles. The molecule has 4 nitrogen and oxygen atoms in total. The van der Waals surface area contributed by atoms with Crippen LogP contribution < -0.4 is 0 Å². The number of nitrogens with zero attached hydrogens (tertiary/aromatic N) is 2. The van der Waals surface area contributed by atoms with Crippen LogP contribution in [0.3, 0.4) is 0 Å². The van der Waals surface area contributed by atoms with Gasteiger partial charge in [-0.15, -0.1) is 11.3 Å². The van der Waals surface area contributed by atoms with Gasteiger partial charge in [0.15, 0.2) is 5.82 Å². The van der Waals surface area contributed by atoms with Gasteiger partial charge in [0, 0.05) is 5.56 Å². The van der Waals surface area contributed by atoms with Crippen molar-refractivity contribution in [2.75, 3.05) is 0 Å². The molecular formula is C22H11ClF4N2O2S. The van der Waals surface area contributed by atoms with Crippen LogP contribution in [-0.4, -0.2) is 21.0 Å². The highest BCUT2D eigenvalue weighted by Gasteiger charge is 2.34. The van der Waals surface area contributed by atoms with Crippen LogP contribution >= 0.6 is 22.9 Å². The summed E-state index contributed by atoms with van der Waals surface area (Å²) >= 11 is 7.24. The van der Waals surface area contributed by atoms with Crippen LogP contribution in [0.5, 0.6) is 0 Å². The molecule has 162 valence electrons. The molecule has 2 aromatic heterocycles. The van der Waals surface area contributed by atoms with Crippen LogP contribution in [0.15, 0.2) is 60.0 Å². The van der Waals surface area contributed by atoms with Gasteiger partial charge in [0.2, 0.25) is 0 Å². The monoisotopic (exact) mass is 478 g/mol. The third-order valence-corrected chi connectivity index (χ3v) is 5.88. The summed E-state index contributed by atoms with van der Waals surface area (Å²) in [5, 5.41) is 11.1. The van der Waals surface area contributed by atoms with Gasteiger partial charge in [-0.25, -0.2) is 19.2 Å². The second-order valence-electron chi connectivity index (χ2n) is 6.64. The van der Waals surface area contributed by atoms with Crippen LogP contribution in [-0.2, 0) is 6.18 Å². The van der Waals surface area contributed by atoms with E-state index < -0.39 is 29.2 Å². The molecule has 32 heavy (non-hydrogen) atoms. The number of aromatic nitrogens is 2. The lowest BCUT2D eigenvalue weighted by molar-refractivity contribution is -0.141. The number of hydrogen-bond donors (Lipinski definition) is 1. The maximum absolute atomic E-state index is 13.7. The molecule has 2 aromatic carbocycles. The summed E-state index contributed by atoms with van der Waals surface area (Å²) in [5.41, 5.74) is -0.507. The molecule has 0 atom stereocenters. The van der Waals surface area contributed by atoms with Crippen LogP contribution in [0.4, 0.5) is 17.6 Å². The van der Waals surface area contributed by atoms with Crippen molar-refractivity contribution in [3.63, 3.8) is 0 Å². The van der Waals surface area contributed by atoms with Crippen LogP contribution in [0.1, 0.15) is 16.1 Å². The molecule has 1 N–H and O–H groups in total. The van der Waals surface area contributed by atoms with Crippen LogP contribution in [0, 0.1) is 5.82 Å². The second kappa shape index (κ2) is 8.33. The standard InChI is InChI=1S/C22H11ClF4N2O2S/c23-15-6-7-32-19(15)17-10-18(22(25,26)27)29-20(28-17)13-3-1-2-11(8-13)12-4-5-16(24)14(9-12)21(30)31/h1-10H,(H,30,31). The zero-order chi connectivity index (χ0) is 23.0. The predicted octanol–water partition coefficient (Wildman–Crippen LogP) is 7.05. The minimum atomic E-state index is -4.71. The molecule has 2 heterocycles. The Labute approximate surface area is 187 Å². The molecule has 0 unspecified atom stereocenters. The van der Waals surface area contributed by atoms with E-state index in [1.54, 1.807) is 23.6 Å². The van der Waals surface area contributed by atoms with Crippen LogP contribution in [0.2, 0.25) is 5.02 Å². The van der Waals surface area contributed by atoms with Gasteiger partial charge in [-0.1, -0.05) is 35.9 Å². The highest BCUT2D eigenvalue weighted by molar-refractivity contribution is 7.14. The lowest BCUT2D eigenvalue weighted by Crippen LogP contribution is -2.10. The quantitative estimate of drug-likeness (QED) is 0.319. The van der Waals surface area contributed by atoms with Crippen molar-refractivity contribution in [2.24, 2.45) is 0 Å². The number of aromatic carboxylic acids is 1. The Kier molecular flexibility index (Phi) is 5.70. The smallest absolute Gasteiger partial charge is 0.433 e. The van der Waals surface area contributed by atoms with E-state index in [2.05, 4.69) is 9.97 Å². The fraction of sp³-hybridized carbons (Fsp3) is 0.0455. The van der Waals surface area contributed by atoms with Gasteiger partial charge < -0.3 is 5.11 Å². The van der Waals surface area contributed by atoms with Gasteiger partial charge in [-0.2, -0.15) is 13.2 Å². The van der Waals surface area contributed by atoms with Crippen molar-refractivity contribution in [3.05, 3.63) is 82.1 Å². The van der Waals surface area contributed by atoms with Crippen molar-refractivity contribution < 1.29 is 27.5 Å². The summed E-state index contributed by atoms with van der Waals surface area (Å²) in [4.78, 5) is 19.6. The van der Waals surface area contributed by atoms with Crippen molar-refractivity contribution in [3.8, 4) is 33.1 Å². The van der Waals surface area contributed by atoms with E-state index in [9.17, 15) is 22.4 Å². The van der Waals surface area contributed by atoms with Crippen molar-refractivity contribution in [1.82, 2.24) is 9.97 Å². The number of alkyl halides is 3. The summed E-state index contributed by atoms with van der Waals surface area (Å²) in [7, 11) is 0. The Morgan fingerprint density at radius 2 is 1.69 bits per heavy atom. The number of hydrogen-bond acceptors (Lipinski definition) is 4. The van der Waals surface area contributed by atoms with E-state index in [4.69, 9.17) is 16.7 Å². The number of benzene rings is 2. The molecule has 0 aliphatic rings. The summed E-state index contributed by atoms with van der Waals surface area (Å²) in [6.45, 7) is 0. The van der Waals surface area contributed by atoms with Gasteiger partial charge in [0.05, 0.1) is 21.2 Å². The maximum atomic E-state index is 13.7. The number of rotatable bonds is 4. The number of carboxylic acid groups (broad SMARTS) is 1. The van der Waals surface area contributed by atoms with E-state index >= 15 is 0 Å². The van der Waals surface area contributed by atoms with E-state index in [-0.39, 0.29) is 22.1 Å². The summed E-state index contributed by atoms with van der Waals surface area (Å²) in [6.07, 6.45) is -4.71. The molecule has 0 amide bonds. The first kappa shape index (κ1) is 21.9. The normalized spacial score (nSPS) is 11.5. The molecule has 0 saturated carbocycles. The van der Waals surface area contributed by atoms with Gasteiger partial charge >= 0.3 is 12.1 Å². The first-order valence-corrected chi connectivity index (χ1v) is 10.2. The van der Waals surface area contributed by atoms with Gasteiger partial charge in [0.25, 0.3) is 0 Å². The van der Waals surface area contributed by atoms with E-state index in [0.717, 1.165) is 29.5 Å². The first-order valence-electron chi connectivity index (χ1n) is 8.97. The van der Waals surface area contributed by atoms with Crippen molar-refractivity contribution in [1.29, 1.82) is 0 Å². The zero-order valence-electron chi connectivity index (χ0n) is 15.8. The lowest BCUT2D eigenvalue weighted by atomic mass is 10.0. The zero-order valence-corrected chi connectivity index (χ0v) is 17.4. The molecule has 0 spiro atoms. The number of halogens is 5. The van der Waals surface area contributed by atoms with Crippen molar-refractivity contribution >= 4 is 28.9 Å². The van der Waals surface area contributed by atoms with Gasteiger partial charge in [-0.05, 0) is 46.8 Å². The topological polar surface area (TPSA) is 63.1 Å². The third-order valence-electron chi connectivity index (χ3n) is 4.52. The highest BCUT2D eigenvalue weighted by atomic mass is 35.5. The minimum Gasteiger partial charge on any atom is -0.478 e. The Bertz CT molecular complexity index is 1340. The molecule has 0 fully saturated rings.